The van der Waals surface area contributed by atoms with E-state index in [2.05, 4.69) is 44.9 Å². The summed E-state index contributed by atoms with van der Waals surface area (Å²) >= 11 is 0. The van der Waals surface area contributed by atoms with Crippen molar-refractivity contribution < 1.29 is 4.74 Å². The predicted molar refractivity (Wildman–Crippen MR) is 81.6 cm³/mol. The van der Waals surface area contributed by atoms with Crippen LogP contribution in [0, 0.1) is 5.41 Å². The van der Waals surface area contributed by atoms with Crippen LogP contribution in [-0.2, 0) is 6.42 Å². The van der Waals surface area contributed by atoms with Crippen LogP contribution in [0.4, 0.5) is 0 Å². The molecule has 0 aliphatic heterocycles. The summed E-state index contributed by atoms with van der Waals surface area (Å²) in [6.07, 6.45) is 1.04. The van der Waals surface area contributed by atoms with Gasteiger partial charge < -0.3 is 15.4 Å². The fourth-order valence-corrected chi connectivity index (χ4v) is 2.15. The zero-order valence-electron chi connectivity index (χ0n) is 12.9. The van der Waals surface area contributed by atoms with Crippen molar-refractivity contribution >= 4 is 0 Å². The monoisotopic (exact) mass is 264 g/mol. The second kappa shape index (κ2) is 6.92. The quantitative estimate of drug-likeness (QED) is 0.822. The smallest absolute Gasteiger partial charge is 0.118 e. The maximum Gasteiger partial charge on any atom is 0.118 e. The molecule has 0 aliphatic carbocycles. The molecule has 108 valence electrons. The van der Waals surface area contributed by atoms with Crippen LogP contribution in [0.1, 0.15) is 26.3 Å². The molecule has 1 aromatic carbocycles. The van der Waals surface area contributed by atoms with Crippen LogP contribution < -0.4 is 10.5 Å². The van der Waals surface area contributed by atoms with E-state index < -0.39 is 0 Å². The SMILES string of the molecule is COc1ccc(CC(C)N(C)CC(C)(C)CN)cc1. The van der Waals surface area contributed by atoms with Gasteiger partial charge in [-0.05, 0) is 50.0 Å². The Bertz CT molecular complexity index is 373. The molecule has 0 saturated heterocycles. The van der Waals surface area contributed by atoms with E-state index in [0.29, 0.717) is 12.6 Å². The molecular weight excluding hydrogens is 236 g/mol. The van der Waals surface area contributed by atoms with Crippen LogP contribution in [-0.4, -0.2) is 38.2 Å². The fourth-order valence-electron chi connectivity index (χ4n) is 2.15. The standard InChI is InChI=1S/C16H28N2O/c1-13(18(4)12-16(2,3)11-17)10-14-6-8-15(19-5)9-7-14/h6-9,13H,10-12,17H2,1-5H3. The molecule has 0 saturated carbocycles. The zero-order valence-corrected chi connectivity index (χ0v) is 12.9. The Morgan fingerprint density at radius 3 is 2.32 bits per heavy atom. The summed E-state index contributed by atoms with van der Waals surface area (Å²) < 4.78 is 5.18. The largest absolute Gasteiger partial charge is 0.497 e. The zero-order chi connectivity index (χ0) is 14.5. The third-order valence-electron chi connectivity index (χ3n) is 3.67. The molecule has 1 aromatic rings. The van der Waals surface area contributed by atoms with Crippen LogP contribution >= 0.6 is 0 Å². The second-order valence-electron chi connectivity index (χ2n) is 6.18. The van der Waals surface area contributed by atoms with Gasteiger partial charge in [-0.15, -0.1) is 0 Å². The van der Waals surface area contributed by atoms with Gasteiger partial charge in [0.2, 0.25) is 0 Å². The number of methoxy groups -OCH3 is 1. The van der Waals surface area contributed by atoms with Crippen LogP contribution in [0.5, 0.6) is 5.75 Å². The highest BCUT2D eigenvalue weighted by Crippen LogP contribution is 2.18. The normalized spacial score (nSPS) is 13.6. The topological polar surface area (TPSA) is 38.5 Å². The van der Waals surface area contributed by atoms with Gasteiger partial charge in [0, 0.05) is 12.6 Å². The van der Waals surface area contributed by atoms with E-state index in [1.807, 2.05) is 12.1 Å². The number of nitrogens with zero attached hydrogens (tertiary/aromatic N) is 1. The van der Waals surface area contributed by atoms with E-state index in [0.717, 1.165) is 18.7 Å². The van der Waals surface area contributed by atoms with Gasteiger partial charge in [0.25, 0.3) is 0 Å². The van der Waals surface area contributed by atoms with Crippen molar-refractivity contribution in [2.45, 2.75) is 33.2 Å². The summed E-state index contributed by atoms with van der Waals surface area (Å²) in [5, 5.41) is 0. The van der Waals surface area contributed by atoms with E-state index >= 15 is 0 Å². The third-order valence-corrected chi connectivity index (χ3v) is 3.67. The number of ether oxygens (including phenoxy) is 1. The lowest BCUT2D eigenvalue weighted by atomic mass is 9.92. The molecular formula is C16H28N2O. The molecule has 2 N–H and O–H groups in total. The minimum Gasteiger partial charge on any atom is -0.497 e. The molecule has 1 atom stereocenters. The highest BCUT2D eigenvalue weighted by Gasteiger charge is 2.21. The molecule has 0 spiro atoms. The molecule has 0 bridgehead atoms. The van der Waals surface area contributed by atoms with Gasteiger partial charge in [0.05, 0.1) is 7.11 Å². The predicted octanol–water partition coefficient (Wildman–Crippen LogP) is 2.54. The first-order chi connectivity index (χ1) is 8.88. The molecule has 0 fully saturated rings. The van der Waals surface area contributed by atoms with E-state index in [1.165, 1.54) is 5.56 Å². The van der Waals surface area contributed by atoms with E-state index in [4.69, 9.17) is 10.5 Å². The lowest BCUT2D eigenvalue weighted by Crippen LogP contribution is -2.41. The van der Waals surface area contributed by atoms with Crippen LogP contribution in [0.2, 0.25) is 0 Å². The number of hydrogen-bond acceptors (Lipinski definition) is 3. The van der Waals surface area contributed by atoms with E-state index in [-0.39, 0.29) is 5.41 Å². The molecule has 0 aromatic heterocycles. The lowest BCUT2D eigenvalue weighted by Gasteiger charge is -2.33. The fraction of sp³-hybridized carbons (Fsp3) is 0.625. The van der Waals surface area contributed by atoms with Crippen molar-refractivity contribution in [2.75, 3.05) is 27.2 Å². The Morgan fingerprint density at radius 1 is 1.26 bits per heavy atom. The highest BCUT2D eigenvalue weighted by molar-refractivity contribution is 5.27. The first-order valence-electron chi connectivity index (χ1n) is 6.91. The summed E-state index contributed by atoms with van der Waals surface area (Å²) in [6, 6.07) is 8.81. The van der Waals surface area contributed by atoms with E-state index in [1.54, 1.807) is 7.11 Å². The second-order valence-corrected chi connectivity index (χ2v) is 6.18. The Hall–Kier alpha value is -1.06. The summed E-state index contributed by atoms with van der Waals surface area (Å²) in [5.74, 6) is 0.911. The van der Waals surface area contributed by atoms with Crippen molar-refractivity contribution in [2.24, 2.45) is 11.1 Å². The van der Waals surface area contributed by atoms with Gasteiger partial charge in [-0.1, -0.05) is 26.0 Å². The number of rotatable bonds is 7. The Kier molecular flexibility index (Phi) is 5.83. The molecule has 19 heavy (non-hydrogen) atoms. The van der Waals surface area contributed by atoms with Crippen LogP contribution in [0.15, 0.2) is 24.3 Å². The molecule has 0 aliphatic rings. The minimum atomic E-state index is 0.170. The van der Waals surface area contributed by atoms with Gasteiger partial charge in [0.15, 0.2) is 0 Å². The minimum absolute atomic E-state index is 0.170. The molecule has 0 amide bonds. The van der Waals surface area contributed by atoms with E-state index in [9.17, 15) is 0 Å². The van der Waals surface area contributed by atoms with Crippen LogP contribution in [0.25, 0.3) is 0 Å². The van der Waals surface area contributed by atoms with Crippen molar-refractivity contribution in [3.8, 4) is 5.75 Å². The molecule has 0 heterocycles. The van der Waals surface area contributed by atoms with Gasteiger partial charge in [-0.2, -0.15) is 0 Å². The van der Waals surface area contributed by atoms with Crippen molar-refractivity contribution in [3.63, 3.8) is 0 Å². The average molecular weight is 264 g/mol. The molecule has 1 rings (SSSR count). The lowest BCUT2D eigenvalue weighted by molar-refractivity contribution is 0.172. The first-order valence-corrected chi connectivity index (χ1v) is 6.91. The summed E-state index contributed by atoms with van der Waals surface area (Å²) in [5.41, 5.74) is 7.31. The Balaban J connectivity index is 2.55. The highest BCUT2D eigenvalue weighted by atomic mass is 16.5. The van der Waals surface area contributed by atoms with Crippen LogP contribution in [0.3, 0.4) is 0 Å². The number of benzene rings is 1. The number of hydrogen-bond donors (Lipinski definition) is 1. The molecule has 1 unspecified atom stereocenters. The maximum absolute atomic E-state index is 5.80. The van der Waals surface area contributed by atoms with Crippen molar-refractivity contribution in [1.82, 2.24) is 4.90 Å². The van der Waals surface area contributed by atoms with Gasteiger partial charge >= 0.3 is 0 Å². The molecule has 0 radical (unpaired) electrons. The Morgan fingerprint density at radius 2 is 1.84 bits per heavy atom. The summed E-state index contributed by atoms with van der Waals surface area (Å²) in [4.78, 5) is 2.39. The molecule has 3 nitrogen and oxygen atoms in total. The average Bonchev–Trinajstić information content (AvgIpc) is 2.39. The Labute approximate surface area is 117 Å². The molecule has 3 heteroatoms. The first kappa shape index (κ1) is 16.0. The maximum atomic E-state index is 5.80. The number of nitrogens with two attached hydrogens (primary N) is 1. The summed E-state index contributed by atoms with van der Waals surface area (Å²) in [7, 11) is 3.87. The van der Waals surface area contributed by atoms with Crippen molar-refractivity contribution in [1.29, 1.82) is 0 Å². The number of likely N-dealkylation sites (N-methyl/N-ethyl adjacent to an activating group) is 1. The van der Waals surface area contributed by atoms with Gasteiger partial charge in [0.1, 0.15) is 5.75 Å². The van der Waals surface area contributed by atoms with Crippen molar-refractivity contribution in [3.05, 3.63) is 29.8 Å². The summed E-state index contributed by atoms with van der Waals surface area (Å²) in [6.45, 7) is 8.41. The van der Waals surface area contributed by atoms with Gasteiger partial charge in [-0.3, -0.25) is 0 Å². The third kappa shape index (κ3) is 5.21. The van der Waals surface area contributed by atoms with Gasteiger partial charge in [-0.25, -0.2) is 0 Å².